The van der Waals surface area contributed by atoms with Gasteiger partial charge in [-0.05, 0) is 56.7 Å². The van der Waals surface area contributed by atoms with Crippen molar-refractivity contribution in [1.82, 2.24) is 4.57 Å². The molecule has 3 aromatic rings. The quantitative estimate of drug-likeness (QED) is 0.455. The van der Waals surface area contributed by atoms with Crippen LogP contribution in [0.5, 0.6) is 5.75 Å². The average Bonchev–Trinajstić information content (AvgIpc) is 3.03. The lowest BCUT2D eigenvalue weighted by Gasteiger charge is -2.14. The van der Waals surface area contributed by atoms with E-state index < -0.39 is 17.3 Å². The lowest BCUT2D eigenvalue weighted by atomic mass is 9.94. The summed E-state index contributed by atoms with van der Waals surface area (Å²) in [6, 6.07) is 11.1. The van der Waals surface area contributed by atoms with Gasteiger partial charge < -0.3 is 9.84 Å². The fourth-order valence-corrected chi connectivity index (χ4v) is 3.51. The van der Waals surface area contributed by atoms with Gasteiger partial charge in [0, 0.05) is 22.2 Å². The molecular formula is C23H22N2O6. The van der Waals surface area contributed by atoms with Crippen LogP contribution in [-0.4, -0.2) is 40.0 Å². The SMILES string of the molecule is COc1ccc2c(c1)c(CC(=O)O)c(C)n2C(=O)c1ccc(C(=O)C(C)(C)N=O)cc1. The van der Waals surface area contributed by atoms with Crippen molar-refractivity contribution >= 4 is 28.6 Å². The number of nitrogens with zero attached hydrogens (tertiary/aromatic N) is 2. The number of benzene rings is 2. The zero-order valence-corrected chi connectivity index (χ0v) is 17.6. The number of methoxy groups -OCH3 is 1. The van der Waals surface area contributed by atoms with Crippen molar-refractivity contribution in [3.05, 3.63) is 69.8 Å². The Balaban J connectivity index is 2.08. The molecule has 0 saturated carbocycles. The molecule has 31 heavy (non-hydrogen) atoms. The lowest BCUT2D eigenvalue weighted by Crippen LogP contribution is -2.28. The maximum absolute atomic E-state index is 13.3. The van der Waals surface area contributed by atoms with E-state index in [9.17, 15) is 24.4 Å². The Bertz CT molecular complexity index is 1210. The normalized spacial score (nSPS) is 11.4. The second kappa shape index (κ2) is 8.14. The summed E-state index contributed by atoms with van der Waals surface area (Å²) in [4.78, 5) is 48.0. The minimum absolute atomic E-state index is 0.239. The monoisotopic (exact) mass is 422 g/mol. The molecule has 0 radical (unpaired) electrons. The first kappa shape index (κ1) is 21.9. The Hall–Kier alpha value is -3.81. The van der Waals surface area contributed by atoms with Crippen LogP contribution in [0.25, 0.3) is 10.9 Å². The highest BCUT2D eigenvalue weighted by Crippen LogP contribution is 2.31. The maximum atomic E-state index is 13.3. The largest absolute Gasteiger partial charge is 0.497 e. The Morgan fingerprint density at radius 2 is 1.68 bits per heavy atom. The molecular weight excluding hydrogens is 400 g/mol. The number of carbonyl (C=O) groups is 3. The number of carboxylic acid groups (broad SMARTS) is 1. The molecule has 1 N–H and O–H groups in total. The fraction of sp³-hybridized carbons (Fsp3) is 0.261. The fourth-order valence-electron chi connectivity index (χ4n) is 3.51. The molecule has 0 amide bonds. The van der Waals surface area contributed by atoms with Gasteiger partial charge in [-0.15, -0.1) is 4.91 Å². The van der Waals surface area contributed by atoms with Gasteiger partial charge in [-0.25, -0.2) is 0 Å². The highest BCUT2D eigenvalue weighted by molar-refractivity contribution is 6.06. The molecule has 0 aliphatic heterocycles. The molecule has 0 aliphatic rings. The minimum atomic E-state index is -1.40. The van der Waals surface area contributed by atoms with Gasteiger partial charge in [0.25, 0.3) is 5.91 Å². The number of ether oxygens (including phenoxy) is 1. The third-order valence-corrected chi connectivity index (χ3v) is 5.25. The number of carbonyl (C=O) groups excluding carboxylic acids is 2. The van der Waals surface area contributed by atoms with Crippen molar-refractivity contribution in [3.8, 4) is 5.75 Å². The van der Waals surface area contributed by atoms with E-state index in [-0.39, 0.29) is 17.9 Å². The van der Waals surface area contributed by atoms with Crippen molar-refractivity contribution in [2.75, 3.05) is 7.11 Å². The number of aromatic nitrogens is 1. The standard InChI is InChI=1S/C23H22N2O6/c1-13-17(12-20(26)27)18-11-16(31-4)9-10-19(18)25(13)22(29)15-7-5-14(6-8-15)21(28)23(2,3)24-30/h5-11H,12H2,1-4H3,(H,26,27). The summed E-state index contributed by atoms with van der Waals surface area (Å²) < 4.78 is 6.70. The Kier molecular flexibility index (Phi) is 5.75. The van der Waals surface area contributed by atoms with E-state index in [4.69, 9.17) is 4.74 Å². The topological polar surface area (TPSA) is 115 Å². The molecule has 3 rings (SSSR count). The van der Waals surface area contributed by atoms with Crippen LogP contribution < -0.4 is 4.74 Å². The van der Waals surface area contributed by atoms with Crippen LogP contribution in [0.15, 0.2) is 47.6 Å². The van der Waals surface area contributed by atoms with Gasteiger partial charge in [-0.2, -0.15) is 0 Å². The Labute approximate surface area is 178 Å². The first-order chi connectivity index (χ1) is 14.6. The summed E-state index contributed by atoms with van der Waals surface area (Å²) in [6.45, 7) is 4.54. The van der Waals surface area contributed by atoms with Crippen LogP contribution in [0, 0.1) is 11.8 Å². The Morgan fingerprint density at radius 3 is 2.23 bits per heavy atom. The molecule has 0 unspecified atom stereocenters. The first-order valence-electron chi connectivity index (χ1n) is 9.54. The summed E-state index contributed by atoms with van der Waals surface area (Å²) in [5.41, 5.74) is 0.787. The third-order valence-electron chi connectivity index (χ3n) is 5.25. The summed E-state index contributed by atoms with van der Waals surface area (Å²) in [7, 11) is 1.51. The van der Waals surface area contributed by atoms with E-state index in [0.29, 0.717) is 33.5 Å². The van der Waals surface area contributed by atoms with Gasteiger partial charge >= 0.3 is 5.97 Å². The second-order valence-electron chi connectivity index (χ2n) is 7.71. The number of carboxylic acids is 1. The van der Waals surface area contributed by atoms with E-state index in [1.165, 1.54) is 49.8 Å². The highest BCUT2D eigenvalue weighted by Gasteiger charge is 2.30. The number of ketones is 1. The highest BCUT2D eigenvalue weighted by atomic mass is 16.5. The molecule has 0 aliphatic carbocycles. The molecule has 160 valence electrons. The van der Waals surface area contributed by atoms with E-state index in [1.54, 1.807) is 25.1 Å². The predicted octanol–water partition coefficient (Wildman–Crippen LogP) is 4.00. The predicted molar refractivity (Wildman–Crippen MR) is 115 cm³/mol. The average molecular weight is 422 g/mol. The Morgan fingerprint density at radius 1 is 1.06 bits per heavy atom. The van der Waals surface area contributed by atoms with Crippen molar-refractivity contribution in [3.63, 3.8) is 0 Å². The summed E-state index contributed by atoms with van der Waals surface area (Å²) >= 11 is 0. The molecule has 0 fully saturated rings. The lowest BCUT2D eigenvalue weighted by molar-refractivity contribution is -0.136. The van der Waals surface area contributed by atoms with Gasteiger partial charge in [0.2, 0.25) is 0 Å². The van der Waals surface area contributed by atoms with Crippen LogP contribution in [0.3, 0.4) is 0 Å². The molecule has 1 aromatic heterocycles. The smallest absolute Gasteiger partial charge is 0.307 e. The van der Waals surface area contributed by atoms with Crippen molar-refractivity contribution in [1.29, 1.82) is 0 Å². The zero-order valence-electron chi connectivity index (χ0n) is 17.6. The van der Waals surface area contributed by atoms with Crippen molar-refractivity contribution < 1.29 is 24.2 Å². The number of hydrogen-bond donors (Lipinski definition) is 1. The molecule has 1 heterocycles. The molecule has 8 heteroatoms. The van der Waals surface area contributed by atoms with Gasteiger partial charge in [0.05, 0.1) is 19.0 Å². The first-order valence-corrected chi connectivity index (χ1v) is 9.54. The van der Waals surface area contributed by atoms with Gasteiger partial charge in [-0.1, -0.05) is 17.3 Å². The number of nitroso groups, excluding NO2 is 1. The van der Waals surface area contributed by atoms with Crippen LogP contribution in [0.2, 0.25) is 0 Å². The minimum Gasteiger partial charge on any atom is -0.497 e. The van der Waals surface area contributed by atoms with E-state index in [2.05, 4.69) is 5.18 Å². The maximum Gasteiger partial charge on any atom is 0.307 e. The van der Waals surface area contributed by atoms with E-state index in [1.807, 2.05) is 0 Å². The van der Waals surface area contributed by atoms with E-state index >= 15 is 0 Å². The second-order valence-corrected chi connectivity index (χ2v) is 7.71. The molecule has 8 nitrogen and oxygen atoms in total. The number of rotatable bonds is 7. The number of hydrogen-bond acceptors (Lipinski definition) is 6. The number of aliphatic carboxylic acids is 1. The summed E-state index contributed by atoms with van der Waals surface area (Å²) in [5.74, 6) is -1.26. The van der Waals surface area contributed by atoms with Crippen molar-refractivity contribution in [2.45, 2.75) is 32.7 Å². The summed E-state index contributed by atoms with van der Waals surface area (Å²) in [6.07, 6.45) is -0.239. The van der Waals surface area contributed by atoms with Crippen molar-refractivity contribution in [2.24, 2.45) is 5.18 Å². The summed E-state index contributed by atoms with van der Waals surface area (Å²) in [5, 5.41) is 12.8. The van der Waals surface area contributed by atoms with Crippen LogP contribution >= 0.6 is 0 Å². The number of fused-ring (bicyclic) bond motifs is 1. The van der Waals surface area contributed by atoms with Gasteiger partial charge in [-0.3, -0.25) is 19.0 Å². The molecule has 0 bridgehead atoms. The van der Waals surface area contributed by atoms with Crippen LogP contribution in [-0.2, 0) is 11.2 Å². The van der Waals surface area contributed by atoms with Gasteiger partial charge in [0.1, 0.15) is 5.75 Å². The van der Waals surface area contributed by atoms with E-state index in [0.717, 1.165) is 0 Å². The molecule has 0 saturated heterocycles. The third kappa shape index (κ3) is 3.96. The van der Waals surface area contributed by atoms with Gasteiger partial charge in [0.15, 0.2) is 11.3 Å². The van der Waals surface area contributed by atoms with Crippen LogP contribution in [0.1, 0.15) is 45.8 Å². The molecule has 0 atom stereocenters. The molecule has 2 aromatic carbocycles. The zero-order chi connectivity index (χ0) is 22.9. The van der Waals surface area contributed by atoms with Crippen LogP contribution in [0.4, 0.5) is 0 Å². The number of Topliss-reactive ketones (excluding diaryl/α,β-unsaturated/α-hetero) is 1. The molecule has 0 spiro atoms.